The number of halogens is 2. The van der Waals surface area contributed by atoms with Gasteiger partial charge in [-0.25, -0.2) is 4.79 Å². The van der Waals surface area contributed by atoms with Gasteiger partial charge in [0.05, 0.1) is 19.3 Å². The van der Waals surface area contributed by atoms with Crippen LogP contribution in [0.3, 0.4) is 0 Å². The second kappa shape index (κ2) is 9.21. The van der Waals surface area contributed by atoms with Crippen LogP contribution >= 0.6 is 11.3 Å². The first-order chi connectivity index (χ1) is 13.9. The zero-order chi connectivity index (χ0) is 21.0. The summed E-state index contributed by atoms with van der Waals surface area (Å²) in [5.74, 6) is -1.11. The van der Waals surface area contributed by atoms with Crippen LogP contribution in [0, 0.1) is 0 Å². The number of benzene rings is 1. The molecule has 1 aliphatic rings. The fourth-order valence-corrected chi connectivity index (χ4v) is 4.52. The van der Waals surface area contributed by atoms with Crippen LogP contribution in [-0.4, -0.2) is 32.2 Å². The Kier molecular flexibility index (Phi) is 6.68. The average Bonchev–Trinajstić information content (AvgIpc) is 3.05. The lowest BCUT2D eigenvalue weighted by Crippen LogP contribution is -2.16. The summed E-state index contributed by atoms with van der Waals surface area (Å²) >= 11 is 1.37. The highest BCUT2D eigenvalue weighted by Gasteiger charge is 2.27. The number of fused-ring (bicyclic) bond motifs is 1. The number of carbonyl (C=O) groups excluding carboxylic acids is 2. The number of ether oxygens (including phenoxy) is 3. The van der Waals surface area contributed by atoms with Crippen LogP contribution in [0.4, 0.5) is 13.8 Å². The third-order valence-electron chi connectivity index (χ3n) is 4.52. The third-order valence-corrected chi connectivity index (χ3v) is 5.73. The first-order valence-corrected chi connectivity index (χ1v) is 10.0. The molecule has 0 saturated carbocycles. The number of anilines is 1. The van der Waals surface area contributed by atoms with Crippen LogP contribution in [0.5, 0.6) is 11.5 Å². The average molecular weight is 425 g/mol. The smallest absolute Gasteiger partial charge is 0.387 e. The molecule has 1 aromatic carbocycles. The van der Waals surface area contributed by atoms with Gasteiger partial charge in [0.25, 0.3) is 5.91 Å². The van der Waals surface area contributed by atoms with Crippen LogP contribution in [-0.2, 0) is 17.6 Å². The van der Waals surface area contributed by atoms with Gasteiger partial charge in [0.2, 0.25) is 0 Å². The van der Waals surface area contributed by atoms with E-state index >= 15 is 0 Å². The van der Waals surface area contributed by atoms with Crippen LogP contribution < -0.4 is 14.8 Å². The molecule has 0 aliphatic heterocycles. The van der Waals surface area contributed by atoms with Crippen LogP contribution in [0.25, 0.3) is 0 Å². The number of aryl methyl sites for hydroxylation is 1. The van der Waals surface area contributed by atoms with Gasteiger partial charge in [-0.2, -0.15) is 8.78 Å². The predicted octanol–water partition coefficient (Wildman–Crippen LogP) is 4.67. The highest BCUT2D eigenvalue weighted by atomic mass is 32.1. The van der Waals surface area contributed by atoms with Gasteiger partial charge in [0.1, 0.15) is 5.00 Å². The maximum atomic E-state index is 12.8. The summed E-state index contributed by atoms with van der Waals surface area (Å²) in [4.78, 5) is 26.3. The van der Waals surface area contributed by atoms with E-state index in [0.29, 0.717) is 10.6 Å². The molecule has 2 aromatic rings. The zero-order valence-corrected chi connectivity index (χ0v) is 16.9. The molecule has 29 heavy (non-hydrogen) atoms. The molecule has 6 nitrogen and oxygen atoms in total. The SMILES string of the molecule is CCOC(=O)c1c(NC(=O)c2ccc(OC(F)F)c(OC)c2)sc2c1CCCC2. The Morgan fingerprint density at radius 2 is 1.97 bits per heavy atom. The molecule has 0 atom stereocenters. The van der Waals surface area contributed by atoms with E-state index in [1.807, 2.05) is 0 Å². The Morgan fingerprint density at radius 1 is 1.21 bits per heavy atom. The monoisotopic (exact) mass is 425 g/mol. The number of hydrogen-bond donors (Lipinski definition) is 1. The minimum atomic E-state index is -3.01. The van der Waals surface area contributed by atoms with Gasteiger partial charge in [-0.15, -0.1) is 11.3 Å². The summed E-state index contributed by atoms with van der Waals surface area (Å²) < 4.78 is 39.5. The molecule has 3 rings (SSSR count). The van der Waals surface area contributed by atoms with Gasteiger partial charge >= 0.3 is 12.6 Å². The van der Waals surface area contributed by atoms with Crippen LogP contribution in [0.2, 0.25) is 0 Å². The lowest BCUT2D eigenvalue weighted by molar-refractivity contribution is -0.0512. The van der Waals surface area contributed by atoms with Crippen molar-refractivity contribution in [2.75, 3.05) is 19.0 Å². The molecule has 1 N–H and O–H groups in total. The predicted molar refractivity (Wildman–Crippen MR) is 104 cm³/mol. The summed E-state index contributed by atoms with van der Waals surface area (Å²) in [5.41, 5.74) is 1.53. The van der Waals surface area contributed by atoms with Gasteiger partial charge in [0.15, 0.2) is 11.5 Å². The minimum absolute atomic E-state index is 0.00837. The molecule has 0 bridgehead atoms. The van der Waals surface area contributed by atoms with E-state index in [1.165, 1.54) is 36.6 Å². The molecular formula is C20H21F2NO5S. The maximum absolute atomic E-state index is 12.8. The second-order valence-corrected chi connectivity index (χ2v) is 7.44. The molecular weight excluding hydrogens is 404 g/mol. The first-order valence-electron chi connectivity index (χ1n) is 9.20. The van der Waals surface area contributed by atoms with Crippen molar-refractivity contribution in [1.29, 1.82) is 0 Å². The van der Waals surface area contributed by atoms with E-state index in [4.69, 9.17) is 9.47 Å². The van der Waals surface area contributed by atoms with Crippen molar-refractivity contribution in [2.24, 2.45) is 0 Å². The van der Waals surface area contributed by atoms with Crippen molar-refractivity contribution in [3.05, 3.63) is 39.8 Å². The van der Waals surface area contributed by atoms with Crippen molar-refractivity contribution in [3.63, 3.8) is 0 Å². The quantitative estimate of drug-likeness (QED) is 0.653. The van der Waals surface area contributed by atoms with Gasteiger partial charge in [-0.3, -0.25) is 4.79 Å². The van der Waals surface area contributed by atoms with Crippen molar-refractivity contribution in [1.82, 2.24) is 0 Å². The molecule has 1 amide bonds. The number of thiophene rings is 1. The highest BCUT2D eigenvalue weighted by Crippen LogP contribution is 2.39. The molecule has 0 unspecified atom stereocenters. The molecule has 1 aromatic heterocycles. The molecule has 1 aliphatic carbocycles. The van der Waals surface area contributed by atoms with Crippen LogP contribution in [0.15, 0.2) is 18.2 Å². The maximum Gasteiger partial charge on any atom is 0.387 e. The van der Waals surface area contributed by atoms with Crippen molar-refractivity contribution in [3.8, 4) is 11.5 Å². The van der Waals surface area contributed by atoms with E-state index in [2.05, 4.69) is 10.1 Å². The van der Waals surface area contributed by atoms with Gasteiger partial charge in [-0.05, 0) is 56.4 Å². The largest absolute Gasteiger partial charge is 0.493 e. The topological polar surface area (TPSA) is 73.9 Å². The van der Waals surface area contributed by atoms with Crippen molar-refractivity contribution >= 4 is 28.2 Å². The molecule has 9 heteroatoms. The number of amides is 1. The fraction of sp³-hybridized carbons (Fsp3) is 0.400. The van der Waals surface area contributed by atoms with E-state index in [-0.39, 0.29) is 23.7 Å². The van der Waals surface area contributed by atoms with E-state index in [9.17, 15) is 18.4 Å². The third kappa shape index (κ3) is 4.67. The second-order valence-electron chi connectivity index (χ2n) is 6.33. The number of nitrogens with one attached hydrogen (secondary N) is 1. The van der Waals surface area contributed by atoms with Gasteiger partial charge < -0.3 is 19.5 Å². The molecule has 156 valence electrons. The molecule has 0 fully saturated rings. The minimum Gasteiger partial charge on any atom is -0.493 e. The summed E-state index contributed by atoms with van der Waals surface area (Å²) in [5, 5.41) is 3.21. The van der Waals surface area contributed by atoms with Crippen molar-refractivity contribution in [2.45, 2.75) is 39.2 Å². The van der Waals surface area contributed by atoms with E-state index in [0.717, 1.165) is 36.1 Å². The number of alkyl halides is 2. The fourth-order valence-electron chi connectivity index (χ4n) is 3.25. The Balaban J connectivity index is 1.89. The standard InChI is InChI=1S/C20H21F2NO5S/c1-3-27-19(25)16-12-6-4-5-7-15(12)29-18(16)23-17(24)11-8-9-13(28-20(21)22)14(10-11)26-2/h8-10,20H,3-7H2,1-2H3,(H,23,24). The number of esters is 1. The normalized spacial score (nSPS) is 13.0. The molecule has 1 heterocycles. The molecule has 0 saturated heterocycles. The summed E-state index contributed by atoms with van der Waals surface area (Å²) in [7, 11) is 1.29. The molecule has 0 spiro atoms. The lowest BCUT2D eigenvalue weighted by Gasteiger charge is -2.13. The number of methoxy groups -OCH3 is 1. The summed E-state index contributed by atoms with van der Waals surface area (Å²) in [6.45, 7) is -1.04. The van der Waals surface area contributed by atoms with Gasteiger partial charge in [0, 0.05) is 10.4 Å². The summed E-state index contributed by atoms with van der Waals surface area (Å²) in [6.07, 6.45) is 3.64. The number of rotatable bonds is 7. The Hall–Kier alpha value is -2.68. The first kappa shape index (κ1) is 21.0. The zero-order valence-electron chi connectivity index (χ0n) is 16.1. The highest BCUT2D eigenvalue weighted by molar-refractivity contribution is 7.17. The van der Waals surface area contributed by atoms with E-state index < -0.39 is 18.5 Å². The lowest BCUT2D eigenvalue weighted by atomic mass is 9.95. The Morgan fingerprint density at radius 3 is 2.66 bits per heavy atom. The van der Waals surface area contributed by atoms with E-state index in [1.54, 1.807) is 6.92 Å². The van der Waals surface area contributed by atoms with Crippen LogP contribution in [0.1, 0.15) is 50.9 Å². The number of carbonyl (C=O) groups is 2. The van der Waals surface area contributed by atoms with Crippen molar-refractivity contribution < 1.29 is 32.6 Å². The summed E-state index contributed by atoms with van der Waals surface area (Å²) in [6, 6.07) is 3.91. The Bertz CT molecular complexity index is 913. The Labute approximate surface area is 170 Å². The van der Waals surface area contributed by atoms with Gasteiger partial charge in [-0.1, -0.05) is 0 Å². The molecule has 0 radical (unpaired) electrons. The number of hydrogen-bond acceptors (Lipinski definition) is 6.